The summed E-state index contributed by atoms with van der Waals surface area (Å²) in [5, 5.41) is 0. The summed E-state index contributed by atoms with van der Waals surface area (Å²) in [5.74, 6) is 0.899. The Morgan fingerprint density at radius 2 is 2.00 bits per heavy atom. The number of ether oxygens (including phenoxy) is 1. The minimum atomic E-state index is 0.152. The largest absolute Gasteiger partial charge is 0.491 e. The number of hydrogen-bond acceptors (Lipinski definition) is 4. The number of fused-ring (bicyclic) bond motifs is 1. The average Bonchev–Trinajstić information content (AvgIpc) is 2.70. The minimum absolute atomic E-state index is 0.152. The maximum atomic E-state index is 5.88. The van der Waals surface area contributed by atoms with E-state index in [4.69, 9.17) is 4.74 Å². The van der Waals surface area contributed by atoms with E-state index in [1.54, 1.807) is 6.20 Å². The maximum Gasteiger partial charge on any atom is 0.127 e. The molecule has 1 aliphatic rings. The fourth-order valence-electron chi connectivity index (χ4n) is 2.60. The third-order valence-electron chi connectivity index (χ3n) is 3.59. The second kappa shape index (κ2) is 6.60. The Hall–Kier alpha value is -2.36. The molecule has 0 saturated carbocycles. The molecule has 3 rings (SSSR count). The molecule has 0 aliphatic carbocycles. The first kappa shape index (κ1) is 14.6. The lowest BCUT2D eigenvalue weighted by atomic mass is 10.1. The van der Waals surface area contributed by atoms with Crippen molar-refractivity contribution in [3.63, 3.8) is 0 Å². The van der Waals surface area contributed by atoms with E-state index in [0.29, 0.717) is 0 Å². The van der Waals surface area contributed by atoms with Gasteiger partial charge in [0, 0.05) is 31.0 Å². The summed E-state index contributed by atoms with van der Waals surface area (Å²) in [6, 6.07) is 10.4. The molecule has 22 heavy (non-hydrogen) atoms. The van der Waals surface area contributed by atoms with Crippen LogP contribution in [0.25, 0.3) is 0 Å². The van der Waals surface area contributed by atoms with Gasteiger partial charge in [-0.25, -0.2) is 0 Å². The highest BCUT2D eigenvalue weighted by Gasteiger charge is 2.13. The van der Waals surface area contributed by atoms with Crippen LogP contribution in [0.3, 0.4) is 0 Å². The van der Waals surface area contributed by atoms with Gasteiger partial charge in [0.25, 0.3) is 0 Å². The molecule has 0 N–H and O–H groups in total. The van der Waals surface area contributed by atoms with Crippen molar-refractivity contribution in [1.82, 2.24) is 9.88 Å². The number of aliphatic imine (C=N–C) groups is 1. The lowest BCUT2D eigenvalue weighted by Gasteiger charge is -2.21. The Balaban J connectivity index is 1.79. The first-order chi connectivity index (χ1) is 10.7. The first-order valence-corrected chi connectivity index (χ1v) is 7.62. The van der Waals surface area contributed by atoms with Crippen LogP contribution >= 0.6 is 0 Å². The van der Waals surface area contributed by atoms with E-state index in [9.17, 15) is 0 Å². The number of aromatic nitrogens is 1. The molecule has 114 valence electrons. The van der Waals surface area contributed by atoms with Crippen LogP contribution in [0.1, 0.15) is 30.5 Å². The zero-order valence-electron chi connectivity index (χ0n) is 13.1. The minimum Gasteiger partial charge on any atom is -0.491 e. The van der Waals surface area contributed by atoms with Crippen molar-refractivity contribution < 1.29 is 4.74 Å². The number of nitrogens with zero attached hydrogens (tertiary/aromatic N) is 3. The van der Waals surface area contributed by atoms with Crippen LogP contribution in [0, 0.1) is 0 Å². The zero-order chi connectivity index (χ0) is 15.4. The van der Waals surface area contributed by atoms with Gasteiger partial charge in [0.2, 0.25) is 0 Å². The summed E-state index contributed by atoms with van der Waals surface area (Å²) in [6.45, 7) is 6.42. The molecule has 0 unspecified atom stereocenters. The average molecular weight is 295 g/mol. The number of pyridine rings is 1. The van der Waals surface area contributed by atoms with Gasteiger partial charge in [-0.05, 0) is 31.0 Å². The summed E-state index contributed by atoms with van der Waals surface area (Å²) in [6.07, 6.45) is 5.74. The fourth-order valence-corrected chi connectivity index (χ4v) is 2.60. The molecule has 1 aromatic heterocycles. The van der Waals surface area contributed by atoms with Crippen molar-refractivity contribution in [3.05, 3.63) is 59.4 Å². The van der Waals surface area contributed by atoms with Crippen molar-refractivity contribution in [1.29, 1.82) is 0 Å². The SMILES string of the molecule is CC(C)Oc1ccncc1CN1C=NCc2ccccc2C1. The third-order valence-corrected chi connectivity index (χ3v) is 3.59. The molecule has 2 aromatic rings. The molecule has 2 heterocycles. The van der Waals surface area contributed by atoms with Crippen LogP contribution in [0.5, 0.6) is 5.75 Å². The van der Waals surface area contributed by atoms with Crippen molar-refractivity contribution in [2.75, 3.05) is 0 Å². The lowest BCUT2D eigenvalue weighted by molar-refractivity contribution is 0.237. The summed E-state index contributed by atoms with van der Waals surface area (Å²) in [4.78, 5) is 11.0. The highest BCUT2D eigenvalue weighted by molar-refractivity contribution is 5.57. The van der Waals surface area contributed by atoms with E-state index >= 15 is 0 Å². The van der Waals surface area contributed by atoms with Gasteiger partial charge in [0.15, 0.2) is 0 Å². The highest BCUT2D eigenvalue weighted by Crippen LogP contribution is 2.22. The summed E-state index contributed by atoms with van der Waals surface area (Å²) >= 11 is 0. The number of hydrogen-bond donors (Lipinski definition) is 0. The molecule has 0 saturated heterocycles. The van der Waals surface area contributed by atoms with Gasteiger partial charge in [-0.2, -0.15) is 0 Å². The van der Waals surface area contributed by atoms with Gasteiger partial charge in [-0.3, -0.25) is 9.98 Å². The Bertz CT molecular complexity index is 667. The van der Waals surface area contributed by atoms with E-state index in [2.05, 4.69) is 39.1 Å². The zero-order valence-corrected chi connectivity index (χ0v) is 13.1. The monoisotopic (exact) mass is 295 g/mol. The predicted molar refractivity (Wildman–Crippen MR) is 87.9 cm³/mol. The van der Waals surface area contributed by atoms with Crippen LogP contribution in [0.2, 0.25) is 0 Å². The summed E-state index contributed by atoms with van der Waals surface area (Å²) in [5.41, 5.74) is 3.71. The molecule has 0 atom stereocenters. The summed E-state index contributed by atoms with van der Waals surface area (Å²) < 4.78 is 5.88. The lowest BCUT2D eigenvalue weighted by Crippen LogP contribution is -2.21. The van der Waals surface area contributed by atoms with Gasteiger partial charge >= 0.3 is 0 Å². The van der Waals surface area contributed by atoms with Crippen LogP contribution in [0.4, 0.5) is 0 Å². The third kappa shape index (κ3) is 3.45. The first-order valence-electron chi connectivity index (χ1n) is 7.62. The molecule has 0 radical (unpaired) electrons. The molecule has 0 bridgehead atoms. The van der Waals surface area contributed by atoms with Gasteiger partial charge in [0.1, 0.15) is 5.75 Å². The van der Waals surface area contributed by atoms with E-state index < -0.39 is 0 Å². The van der Waals surface area contributed by atoms with Crippen molar-refractivity contribution in [2.45, 2.75) is 39.6 Å². The van der Waals surface area contributed by atoms with Gasteiger partial charge in [-0.15, -0.1) is 0 Å². The molecule has 4 nitrogen and oxygen atoms in total. The Morgan fingerprint density at radius 3 is 2.82 bits per heavy atom. The van der Waals surface area contributed by atoms with Gasteiger partial charge in [-0.1, -0.05) is 24.3 Å². The molecule has 0 fully saturated rings. The van der Waals surface area contributed by atoms with Gasteiger partial charge < -0.3 is 9.64 Å². The fraction of sp³-hybridized carbons (Fsp3) is 0.333. The van der Waals surface area contributed by atoms with E-state index in [-0.39, 0.29) is 6.10 Å². The van der Waals surface area contributed by atoms with Crippen LogP contribution < -0.4 is 4.74 Å². The van der Waals surface area contributed by atoms with Gasteiger partial charge in [0.05, 0.1) is 19.0 Å². The number of benzene rings is 1. The molecular weight excluding hydrogens is 274 g/mol. The van der Waals surface area contributed by atoms with E-state index in [1.165, 1.54) is 11.1 Å². The van der Waals surface area contributed by atoms with E-state index in [0.717, 1.165) is 30.9 Å². The molecule has 0 spiro atoms. The molecular formula is C18H21N3O. The summed E-state index contributed by atoms with van der Waals surface area (Å²) in [7, 11) is 0. The standard InChI is InChI=1S/C18H21N3O/c1-14(2)22-18-7-8-19-10-17(18)12-21-11-16-6-4-3-5-15(16)9-20-13-21/h3-8,10,13-14H,9,11-12H2,1-2H3. The van der Waals surface area contributed by atoms with Crippen LogP contribution in [-0.4, -0.2) is 22.3 Å². The van der Waals surface area contributed by atoms with Crippen molar-refractivity contribution in [2.24, 2.45) is 4.99 Å². The Kier molecular flexibility index (Phi) is 4.37. The quantitative estimate of drug-likeness (QED) is 0.867. The van der Waals surface area contributed by atoms with E-state index in [1.807, 2.05) is 32.4 Å². The van der Waals surface area contributed by atoms with Crippen LogP contribution in [0.15, 0.2) is 47.7 Å². The topological polar surface area (TPSA) is 37.7 Å². The normalized spacial score (nSPS) is 13.9. The van der Waals surface area contributed by atoms with Crippen LogP contribution in [-0.2, 0) is 19.6 Å². The second-order valence-electron chi connectivity index (χ2n) is 5.78. The maximum absolute atomic E-state index is 5.88. The molecule has 1 aromatic carbocycles. The van der Waals surface area contributed by atoms with Crippen molar-refractivity contribution >= 4 is 6.34 Å². The number of rotatable bonds is 4. The molecule has 1 aliphatic heterocycles. The second-order valence-corrected chi connectivity index (χ2v) is 5.78. The smallest absolute Gasteiger partial charge is 0.127 e. The highest BCUT2D eigenvalue weighted by atomic mass is 16.5. The van der Waals surface area contributed by atoms with Crippen molar-refractivity contribution in [3.8, 4) is 5.75 Å². The predicted octanol–water partition coefficient (Wildman–Crippen LogP) is 3.41. The molecule has 0 amide bonds. The molecule has 4 heteroatoms. The Labute approximate surface area is 131 Å². The Morgan fingerprint density at radius 1 is 1.18 bits per heavy atom.